The zero-order valence-electron chi connectivity index (χ0n) is 18.2. The van der Waals surface area contributed by atoms with Crippen molar-refractivity contribution in [3.63, 3.8) is 0 Å². The molecule has 3 amide bonds. The van der Waals surface area contributed by atoms with E-state index in [2.05, 4.69) is 31.9 Å². The van der Waals surface area contributed by atoms with Crippen molar-refractivity contribution < 1.29 is 23.9 Å². The molecule has 2 aromatic rings. The maximum atomic E-state index is 12.4. The number of nitrogens with one attached hydrogen (secondary N) is 3. The lowest BCUT2D eigenvalue weighted by Crippen LogP contribution is -2.51. The fraction of sp³-hybridized carbons (Fsp3) is 0.217. The topological polar surface area (TPSA) is 106 Å². The molecule has 33 heavy (non-hydrogen) atoms. The van der Waals surface area contributed by atoms with Crippen molar-refractivity contribution >= 4 is 62.7 Å². The highest BCUT2D eigenvalue weighted by Gasteiger charge is 2.26. The smallest absolute Gasteiger partial charge is 0.263 e. The maximum absolute atomic E-state index is 12.4. The first kappa shape index (κ1) is 24.4. The molecule has 3 rings (SSSR count). The Morgan fingerprint density at radius 3 is 2.45 bits per heavy atom. The van der Waals surface area contributed by atoms with E-state index in [0.717, 1.165) is 11.1 Å². The number of aryl methyl sites for hydroxylation is 2. The van der Waals surface area contributed by atoms with Crippen LogP contribution in [0.5, 0.6) is 11.5 Å². The molecule has 0 spiro atoms. The number of hydrogen-bond donors (Lipinski definition) is 3. The summed E-state index contributed by atoms with van der Waals surface area (Å²) >= 11 is 8.23. The Morgan fingerprint density at radius 1 is 1.12 bits per heavy atom. The van der Waals surface area contributed by atoms with Gasteiger partial charge in [-0.3, -0.25) is 25.0 Å². The van der Waals surface area contributed by atoms with Gasteiger partial charge in [0.2, 0.25) is 0 Å². The second-order valence-corrected chi connectivity index (χ2v) is 8.48. The number of rotatable bonds is 7. The van der Waals surface area contributed by atoms with E-state index in [0.29, 0.717) is 33.8 Å². The first-order valence-corrected chi connectivity index (χ1v) is 11.2. The number of hydrogen-bond acceptors (Lipinski definition) is 6. The average Bonchev–Trinajstić information content (AvgIpc) is 2.72. The molecule has 8 nitrogen and oxygen atoms in total. The quantitative estimate of drug-likeness (QED) is 0.287. The maximum Gasteiger partial charge on any atom is 0.263 e. The average molecular weight is 532 g/mol. The summed E-state index contributed by atoms with van der Waals surface area (Å²) in [7, 11) is 0. The van der Waals surface area contributed by atoms with E-state index in [1.807, 2.05) is 32.0 Å². The Kier molecular flexibility index (Phi) is 7.83. The van der Waals surface area contributed by atoms with Gasteiger partial charge in [-0.2, -0.15) is 0 Å². The predicted molar refractivity (Wildman–Crippen MR) is 132 cm³/mol. The molecular formula is C23H22BrN3O5S. The van der Waals surface area contributed by atoms with E-state index >= 15 is 0 Å². The summed E-state index contributed by atoms with van der Waals surface area (Å²) in [6.07, 6.45) is 1.41. The summed E-state index contributed by atoms with van der Waals surface area (Å²) in [4.78, 5) is 36.7. The highest BCUT2D eigenvalue weighted by Crippen LogP contribution is 2.37. The van der Waals surface area contributed by atoms with E-state index in [-0.39, 0.29) is 23.2 Å². The lowest BCUT2D eigenvalue weighted by molar-refractivity contribution is -0.123. The third-order valence-electron chi connectivity index (χ3n) is 4.59. The van der Waals surface area contributed by atoms with Crippen LogP contribution in [0.4, 0.5) is 5.69 Å². The SMILES string of the molecule is CCOc1cc(C=C2C(=O)NC(=S)NC2=O)cc(Br)c1OCC(=O)Nc1ccc(C)cc1C. The third-order valence-corrected chi connectivity index (χ3v) is 5.38. The van der Waals surface area contributed by atoms with Crippen LogP contribution < -0.4 is 25.4 Å². The Bertz CT molecular complexity index is 1160. The molecule has 172 valence electrons. The molecule has 0 aromatic heterocycles. The number of carbonyl (C=O) groups is 3. The lowest BCUT2D eigenvalue weighted by atomic mass is 10.1. The van der Waals surface area contributed by atoms with Crippen LogP contribution in [0.25, 0.3) is 6.08 Å². The lowest BCUT2D eigenvalue weighted by Gasteiger charge is -2.17. The molecule has 0 radical (unpaired) electrons. The molecule has 3 N–H and O–H groups in total. The van der Waals surface area contributed by atoms with Gasteiger partial charge in [-0.05, 0) is 84.3 Å². The van der Waals surface area contributed by atoms with Crippen molar-refractivity contribution in [2.24, 2.45) is 0 Å². The molecule has 1 heterocycles. The zero-order chi connectivity index (χ0) is 24.1. The van der Waals surface area contributed by atoms with Crippen molar-refractivity contribution in [1.82, 2.24) is 10.6 Å². The molecule has 1 fully saturated rings. The Balaban J connectivity index is 1.79. The van der Waals surface area contributed by atoms with Crippen molar-refractivity contribution in [1.29, 1.82) is 0 Å². The molecule has 2 aromatic carbocycles. The summed E-state index contributed by atoms with van der Waals surface area (Å²) in [6.45, 7) is 5.80. The van der Waals surface area contributed by atoms with Crippen molar-refractivity contribution in [2.75, 3.05) is 18.5 Å². The minimum absolute atomic E-state index is 0.0406. The molecule has 1 aliphatic rings. The van der Waals surface area contributed by atoms with Gasteiger partial charge in [-0.25, -0.2) is 0 Å². The summed E-state index contributed by atoms with van der Waals surface area (Å²) in [5, 5.41) is 7.56. The number of ether oxygens (including phenoxy) is 2. The molecule has 0 bridgehead atoms. The van der Waals surface area contributed by atoms with Crippen LogP contribution in [0.3, 0.4) is 0 Å². The molecule has 10 heteroatoms. The molecule has 0 atom stereocenters. The first-order valence-electron chi connectivity index (χ1n) is 10.0. The van der Waals surface area contributed by atoms with Gasteiger partial charge in [0.05, 0.1) is 11.1 Å². The van der Waals surface area contributed by atoms with Crippen LogP contribution in [0.1, 0.15) is 23.6 Å². The van der Waals surface area contributed by atoms with Gasteiger partial charge in [0.25, 0.3) is 17.7 Å². The molecule has 0 aliphatic carbocycles. The molecular weight excluding hydrogens is 510 g/mol. The van der Waals surface area contributed by atoms with Gasteiger partial charge in [0, 0.05) is 5.69 Å². The van der Waals surface area contributed by atoms with Gasteiger partial charge in [-0.15, -0.1) is 0 Å². The minimum Gasteiger partial charge on any atom is -0.490 e. The predicted octanol–water partition coefficient (Wildman–Crippen LogP) is 3.40. The van der Waals surface area contributed by atoms with Gasteiger partial charge < -0.3 is 14.8 Å². The summed E-state index contributed by atoms with van der Waals surface area (Å²) in [6, 6.07) is 9.01. The minimum atomic E-state index is -0.596. The van der Waals surface area contributed by atoms with Crippen molar-refractivity contribution in [3.05, 3.63) is 57.1 Å². The first-order chi connectivity index (χ1) is 15.7. The summed E-state index contributed by atoms with van der Waals surface area (Å²) in [5.41, 5.74) is 3.19. The van der Waals surface area contributed by atoms with Crippen LogP contribution in [0.2, 0.25) is 0 Å². The van der Waals surface area contributed by atoms with E-state index in [1.54, 1.807) is 19.1 Å². The summed E-state index contributed by atoms with van der Waals surface area (Å²) < 4.78 is 11.9. The van der Waals surface area contributed by atoms with Crippen molar-refractivity contribution in [2.45, 2.75) is 20.8 Å². The van der Waals surface area contributed by atoms with Gasteiger partial charge in [0.1, 0.15) is 5.57 Å². The second-order valence-electron chi connectivity index (χ2n) is 7.21. The number of halogens is 1. The number of amides is 3. The number of thiocarbonyl (C=S) groups is 1. The van der Waals surface area contributed by atoms with Crippen molar-refractivity contribution in [3.8, 4) is 11.5 Å². The number of carbonyl (C=O) groups excluding carboxylic acids is 3. The second kappa shape index (κ2) is 10.6. The third kappa shape index (κ3) is 6.17. The standard InChI is InChI=1S/C23H22BrN3O5S/c1-4-31-18-10-14(8-15-21(29)26-23(33)27-22(15)30)9-16(24)20(18)32-11-19(28)25-17-6-5-12(2)7-13(17)3/h5-10H,4,11H2,1-3H3,(H,25,28)(H2,26,27,29,30,33). The van der Waals surface area contributed by atoms with E-state index in [4.69, 9.17) is 21.7 Å². The van der Waals surface area contributed by atoms with Crippen LogP contribution in [0, 0.1) is 13.8 Å². The monoisotopic (exact) mass is 531 g/mol. The highest BCUT2D eigenvalue weighted by atomic mass is 79.9. The largest absolute Gasteiger partial charge is 0.490 e. The van der Waals surface area contributed by atoms with Crippen LogP contribution >= 0.6 is 28.1 Å². The number of benzene rings is 2. The van der Waals surface area contributed by atoms with E-state index in [1.165, 1.54) is 6.08 Å². The van der Waals surface area contributed by atoms with E-state index < -0.39 is 11.8 Å². The van der Waals surface area contributed by atoms with Gasteiger partial charge in [0.15, 0.2) is 23.2 Å². The Hall–Kier alpha value is -3.24. The highest BCUT2D eigenvalue weighted by molar-refractivity contribution is 9.10. The summed E-state index contributed by atoms with van der Waals surface area (Å²) in [5.74, 6) is -0.838. The van der Waals surface area contributed by atoms with Crippen LogP contribution in [-0.2, 0) is 14.4 Å². The van der Waals surface area contributed by atoms with Gasteiger partial charge >= 0.3 is 0 Å². The molecule has 1 saturated heterocycles. The molecule has 0 saturated carbocycles. The number of anilines is 1. The normalized spacial score (nSPS) is 13.2. The Morgan fingerprint density at radius 2 is 1.82 bits per heavy atom. The van der Waals surface area contributed by atoms with E-state index in [9.17, 15) is 14.4 Å². The fourth-order valence-electron chi connectivity index (χ4n) is 3.13. The van der Waals surface area contributed by atoms with Crippen LogP contribution in [-0.4, -0.2) is 36.0 Å². The molecule has 1 aliphatic heterocycles. The van der Waals surface area contributed by atoms with Gasteiger partial charge in [-0.1, -0.05) is 17.7 Å². The molecule has 0 unspecified atom stereocenters. The fourth-order valence-corrected chi connectivity index (χ4v) is 3.88. The Labute approximate surface area is 204 Å². The zero-order valence-corrected chi connectivity index (χ0v) is 20.6. The van der Waals surface area contributed by atoms with Crippen LogP contribution in [0.15, 0.2) is 40.4 Å².